The second-order valence-corrected chi connectivity index (χ2v) is 7.86. The van der Waals surface area contributed by atoms with Crippen LogP contribution in [-0.4, -0.2) is 23.0 Å². The van der Waals surface area contributed by atoms with Crippen LogP contribution >= 0.6 is 22.7 Å². The van der Waals surface area contributed by atoms with E-state index in [1.54, 1.807) is 6.92 Å². The molecule has 0 fully saturated rings. The van der Waals surface area contributed by atoms with Gasteiger partial charge in [-0.1, -0.05) is 37.3 Å². The van der Waals surface area contributed by atoms with Crippen LogP contribution in [0.5, 0.6) is 0 Å². The molecular weight excluding hydrogens is 380 g/mol. The molecule has 1 atom stereocenters. The first-order chi connectivity index (χ1) is 13.0. The highest BCUT2D eigenvalue weighted by atomic mass is 32.1. The van der Waals surface area contributed by atoms with Gasteiger partial charge in [-0.3, -0.25) is 14.9 Å². The number of amides is 1. The van der Waals surface area contributed by atoms with Crippen LogP contribution in [-0.2, 0) is 27.2 Å². The lowest BCUT2D eigenvalue weighted by molar-refractivity contribution is -0.152. The molecule has 0 aliphatic rings. The van der Waals surface area contributed by atoms with E-state index in [1.165, 1.54) is 28.2 Å². The van der Waals surface area contributed by atoms with Crippen LogP contribution in [0.25, 0.3) is 11.3 Å². The van der Waals surface area contributed by atoms with E-state index in [1.807, 2.05) is 35.0 Å². The number of thiophene rings is 1. The molecule has 7 heteroatoms. The van der Waals surface area contributed by atoms with E-state index < -0.39 is 18.0 Å². The molecule has 2 aromatic heterocycles. The van der Waals surface area contributed by atoms with Crippen molar-refractivity contribution in [2.75, 3.05) is 5.32 Å². The van der Waals surface area contributed by atoms with E-state index in [9.17, 15) is 9.59 Å². The van der Waals surface area contributed by atoms with Crippen LogP contribution in [0.3, 0.4) is 0 Å². The number of anilines is 1. The van der Waals surface area contributed by atoms with Crippen molar-refractivity contribution in [3.05, 3.63) is 57.6 Å². The molecule has 0 bridgehead atoms. The molecule has 2 heterocycles. The second-order valence-electron chi connectivity index (χ2n) is 5.97. The van der Waals surface area contributed by atoms with Gasteiger partial charge in [0, 0.05) is 15.8 Å². The van der Waals surface area contributed by atoms with Crippen molar-refractivity contribution in [1.82, 2.24) is 4.98 Å². The third-order valence-corrected chi connectivity index (χ3v) is 5.60. The average Bonchev–Trinajstić information content (AvgIpc) is 3.33. The van der Waals surface area contributed by atoms with Crippen molar-refractivity contribution in [2.45, 2.75) is 32.8 Å². The van der Waals surface area contributed by atoms with E-state index in [-0.39, 0.29) is 6.42 Å². The largest absolute Gasteiger partial charge is 0.452 e. The molecule has 3 aromatic rings. The van der Waals surface area contributed by atoms with E-state index in [0.717, 1.165) is 22.6 Å². The number of thiazole rings is 1. The number of rotatable bonds is 7. The SMILES string of the molecule is CCc1ccc(-c2csc(NC(=O)[C@H](C)OC(=O)Cc3cccs3)n2)cc1. The first-order valence-electron chi connectivity index (χ1n) is 8.62. The summed E-state index contributed by atoms with van der Waals surface area (Å²) in [5, 5.41) is 6.98. The van der Waals surface area contributed by atoms with Crippen molar-refractivity contribution in [3.63, 3.8) is 0 Å². The normalized spacial score (nSPS) is 11.8. The quantitative estimate of drug-likeness (QED) is 0.591. The van der Waals surface area contributed by atoms with Crippen LogP contribution in [0, 0.1) is 0 Å². The molecule has 1 amide bonds. The predicted molar refractivity (Wildman–Crippen MR) is 109 cm³/mol. The predicted octanol–water partition coefficient (Wildman–Crippen LogP) is 4.55. The van der Waals surface area contributed by atoms with Crippen molar-refractivity contribution >= 4 is 39.7 Å². The lowest BCUT2D eigenvalue weighted by Gasteiger charge is -2.11. The first-order valence-corrected chi connectivity index (χ1v) is 10.4. The molecule has 0 saturated carbocycles. The van der Waals surface area contributed by atoms with Crippen molar-refractivity contribution < 1.29 is 14.3 Å². The van der Waals surface area contributed by atoms with Gasteiger partial charge in [-0.15, -0.1) is 22.7 Å². The van der Waals surface area contributed by atoms with Gasteiger partial charge in [0.1, 0.15) is 0 Å². The minimum Gasteiger partial charge on any atom is -0.452 e. The maximum Gasteiger partial charge on any atom is 0.311 e. The maximum absolute atomic E-state index is 12.3. The van der Waals surface area contributed by atoms with E-state index in [0.29, 0.717) is 5.13 Å². The number of hydrogen-bond donors (Lipinski definition) is 1. The lowest BCUT2D eigenvalue weighted by Crippen LogP contribution is -2.30. The van der Waals surface area contributed by atoms with Gasteiger partial charge >= 0.3 is 5.97 Å². The molecule has 0 aliphatic heterocycles. The van der Waals surface area contributed by atoms with Crippen molar-refractivity contribution in [3.8, 4) is 11.3 Å². The highest BCUT2D eigenvalue weighted by Gasteiger charge is 2.19. The first kappa shape index (κ1) is 19.3. The molecule has 140 valence electrons. The molecule has 3 rings (SSSR count). The minimum absolute atomic E-state index is 0.171. The molecule has 0 unspecified atom stereocenters. The number of nitrogens with zero attached hydrogens (tertiary/aromatic N) is 1. The summed E-state index contributed by atoms with van der Waals surface area (Å²) in [6.45, 7) is 3.67. The standard InChI is InChI=1S/C20H20N2O3S2/c1-3-14-6-8-15(9-7-14)17-12-27-20(21-17)22-19(24)13(2)25-18(23)11-16-5-4-10-26-16/h4-10,12-13H,3,11H2,1-2H3,(H,21,22,24)/t13-/m0/s1. The Hall–Kier alpha value is -2.51. The Labute approximate surface area is 166 Å². The molecule has 0 saturated heterocycles. The monoisotopic (exact) mass is 400 g/mol. The van der Waals surface area contributed by atoms with Crippen LogP contribution in [0.15, 0.2) is 47.2 Å². The van der Waals surface area contributed by atoms with Crippen LogP contribution in [0.1, 0.15) is 24.3 Å². The highest BCUT2D eigenvalue weighted by molar-refractivity contribution is 7.14. The van der Waals surface area contributed by atoms with Gasteiger partial charge in [-0.2, -0.15) is 0 Å². The summed E-state index contributed by atoms with van der Waals surface area (Å²) < 4.78 is 5.21. The number of aryl methyl sites for hydroxylation is 1. The van der Waals surface area contributed by atoms with Crippen LogP contribution in [0.4, 0.5) is 5.13 Å². The Morgan fingerprint density at radius 1 is 1.19 bits per heavy atom. The van der Waals surface area contributed by atoms with Gasteiger partial charge < -0.3 is 4.74 Å². The van der Waals surface area contributed by atoms with E-state index >= 15 is 0 Å². The Bertz CT molecular complexity index is 902. The third-order valence-electron chi connectivity index (χ3n) is 3.97. The summed E-state index contributed by atoms with van der Waals surface area (Å²) in [4.78, 5) is 29.5. The Morgan fingerprint density at radius 3 is 2.63 bits per heavy atom. The molecule has 1 aromatic carbocycles. The number of carbonyl (C=O) groups excluding carboxylic acids is 2. The molecule has 0 aliphatic carbocycles. The minimum atomic E-state index is -0.881. The smallest absolute Gasteiger partial charge is 0.311 e. The zero-order valence-corrected chi connectivity index (χ0v) is 16.7. The highest BCUT2D eigenvalue weighted by Crippen LogP contribution is 2.25. The molecule has 0 radical (unpaired) electrons. The fourth-order valence-corrected chi connectivity index (χ4v) is 3.84. The molecule has 0 spiro atoms. The molecular formula is C20H20N2O3S2. The summed E-state index contributed by atoms with van der Waals surface area (Å²) in [5.74, 6) is -0.812. The maximum atomic E-state index is 12.3. The van der Waals surface area contributed by atoms with Gasteiger partial charge in [0.15, 0.2) is 11.2 Å². The summed E-state index contributed by atoms with van der Waals surface area (Å²) >= 11 is 2.82. The number of benzene rings is 1. The number of esters is 1. The number of hydrogen-bond acceptors (Lipinski definition) is 6. The van der Waals surface area contributed by atoms with Gasteiger partial charge in [0.2, 0.25) is 0 Å². The zero-order valence-electron chi connectivity index (χ0n) is 15.1. The number of aromatic nitrogens is 1. The van der Waals surface area contributed by atoms with Crippen molar-refractivity contribution in [1.29, 1.82) is 0 Å². The summed E-state index contributed by atoms with van der Waals surface area (Å²) in [5.41, 5.74) is 3.07. The topological polar surface area (TPSA) is 68.3 Å². The summed E-state index contributed by atoms with van der Waals surface area (Å²) in [7, 11) is 0. The van der Waals surface area contributed by atoms with Crippen LogP contribution in [0.2, 0.25) is 0 Å². The third kappa shape index (κ3) is 5.24. The van der Waals surface area contributed by atoms with Gasteiger partial charge in [-0.05, 0) is 30.4 Å². The number of nitrogens with one attached hydrogen (secondary N) is 1. The Balaban J connectivity index is 1.55. The fraction of sp³-hybridized carbons (Fsp3) is 0.250. The molecule has 5 nitrogen and oxygen atoms in total. The van der Waals surface area contributed by atoms with Gasteiger partial charge in [0.25, 0.3) is 5.91 Å². The fourth-order valence-electron chi connectivity index (χ4n) is 2.43. The second kappa shape index (κ2) is 8.92. The van der Waals surface area contributed by atoms with E-state index in [4.69, 9.17) is 4.74 Å². The molecule has 1 N–H and O–H groups in total. The Morgan fingerprint density at radius 2 is 1.96 bits per heavy atom. The summed E-state index contributed by atoms with van der Waals surface area (Å²) in [6, 6.07) is 11.9. The molecule has 27 heavy (non-hydrogen) atoms. The summed E-state index contributed by atoms with van der Waals surface area (Å²) in [6.07, 6.45) is 0.278. The van der Waals surface area contributed by atoms with Crippen molar-refractivity contribution in [2.24, 2.45) is 0 Å². The van der Waals surface area contributed by atoms with Crippen LogP contribution < -0.4 is 5.32 Å². The van der Waals surface area contributed by atoms with Gasteiger partial charge in [-0.25, -0.2) is 4.98 Å². The average molecular weight is 401 g/mol. The number of ether oxygens (including phenoxy) is 1. The Kier molecular flexibility index (Phi) is 6.36. The zero-order chi connectivity index (χ0) is 19.2. The number of carbonyl (C=O) groups is 2. The van der Waals surface area contributed by atoms with Gasteiger partial charge in [0.05, 0.1) is 12.1 Å². The lowest BCUT2D eigenvalue weighted by atomic mass is 10.1. The van der Waals surface area contributed by atoms with E-state index in [2.05, 4.69) is 29.4 Å².